The molecule has 0 bridgehead atoms. The van der Waals surface area contributed by atoms with Gasteiger partial charge in [-0.3, -0.25) is 14.9 Å². The number of carbonyl (C=O) groups excluding carboxylic acids is 2. The monoisotopic (exact) mass is 465 g/mol. The van der Waals surface area contributed by atoms with Gasteiger partial charge in [-0.05, 0) is 63.5 Å². The fourth-order valence-electron chi connectivity index (χ4n) is 5.73. The maximum absolute atomic E-state index is 12.5. The van der Waals surface area contributed by atoms with Gasteiger partial charge in [0.15, 0.2) is 0 Å². The van der Waals surface area contributed by atoms with Crippen molar-refractivity contribution in [1.82, 2.24) is 26.1 Å². The Balaban J connectivity index is 1.01. The van der Waals surface area contributed by atoms with Crippen molar-refractivity contribution >= 4 is 11.8 Å². The summed E-state index contributed by atoms with van der Waals surface area (Å²) in [7, 11) is 0. The summed E-state index contributed by atoms with van der Waals surface area (Å²) in [6, 6.07) is 10.3. The predicted molar refractivity (Wildman–Crippen MR) is 128 cm³/mol. The maximum Gasteiger partial charge on any atom is 0.247 e. The van der Waals surface area contributed by atoms with E-state index in [0.29, 0.717) is 24.2 Å². The number of rotatable bonds is 7. The molecule has 2 amide bonds. The van der Waals surface area contributed by atoms with Gasteiger partial charge in [-0.1, -0.05) is 31.0 Å². The van der Waals surface area contributed by atoms with Crippen LogP contribution < -0.4 is 16.0 Å². The van der Waals surface area contributed by atoms with Crippen LogP contribution in [0.1, 0.15) is 82.4 Å². The highest BCUT2D eigenvalue weighted by Crippen LogP contribution is 2.33. The normalized spacial score (nSPS) is 29.2. The van der Waals surface area contributed by atoms with E-state index in [4.69, 9.17) is 4.42 Å². The smallest absolute Gasteiger partial charge is 0.247 e. The lowest BCUT2D eigenvalue weighted by Gasteiger charge is -2.40. The van der Waals surface area contributed by atoms with Crippen LogP contribution in [0.25, 0.3) is 11.5 Å². The van der Waals surface area contributed by atoms with Crippen LogP contribution in [-0.4, -0.2) is 40.3 Å². The zero-order valence-electron chi connectivity index (χ0n) is 19.7. The molecule has 34 heavy (non-hydrogen) atoms. The minimum absolute atomic E-state index is 0.00901. The van der Waals surface area contributed by atoms with E-state index < -0.39 is 0 Å². The SMILES string of the molecule is O=C(CCCC1NC(=O)C2CCCCC2N1)NC1CCC(c2nnc(-c3ccccc3)o2)CC1. The Kier molecular flexibility index (Phi) is 7.23. The van der Waals surface area contributed by atoms with E-state index in [1.165, 1.54) is 6.42 Å². The third-order valence-electron chi connectivity index (χ3n) is 7.63. The molecular weight excluding hydrogens is 430 g/mol. The molecule has 1 aliphatic heterocycles. The Morgan fingerprint density at radius 1 is 1.03 bits per heavy atom. The van der Waals surface area contributed by atoms with E-state index >= 15 is 0 Å². The Morgan fingerprint density at radius 3 is 2.65 bits per heavy atom. The zero-order chi connectivity index (χ0) is 23.3. The van der Waals surface area contributed by atoms with Crippen LogP contribution in [0.2, 0.25) is 0 Å². The van der Waals surface area contributed by atoms with Gasteiger partial charge >= 0.3 is 0 Å². The highest BCUT2D eigenvalue weighted by molar-refractivity contribution is 5.80. The summed E-state index contributed by atoms with van der Waals surface area (Å²) < 4.78 is 5.93. The summed E-state index contributed by atoms with van der Waals surface area (Å²) in [6.45, 7) is 0. The van der Waals surface area contributed by atoms with Crippen LogP contribution in [0, 0.1) is 5.92 Å². The summed E-state index contributed by atoms with van der Waals surface area (Å²) in [5.41, 5.74) is 0.934. The van der Waals surface area contributed by atoms with Gasteiger partial charge in [-0.2, -0.15) is 0 Å². The summed E-state index contributed by atoms with van der Waals surface area (Å²) in [5, 5.41) is 18.4. The Hall–Kier alpha value is -2.74. The molecule has 1 aromatic heterocycles. The number of hydrogen-bond donors (Lipinski definition) is 3. The van der Waals surface area contributed by atoms with E-state index in [9.17, 15) is 9.59 Å². The van der Waals surface area contributed by atoms with E-state index in [1.807, 2.05) is 30.3 Å². The van der Waals surface area contributed by atoms with Crippen molar-refractivity contribution in [3.63, 3.8) is 0 Å². The van der Waals surface area contributed by atoms with E-state index in [1.54, 1.807) is 0 Å². The minimum atomic E-state index is -0.00901. The van der Waals surface area contributed by atoms with Crippen molar-refractivity contribution in [2.45, 2.75) is 94.8 Å². The fraction of sp³-hybridized carbons (Fsp3) is 0.615. The molecule has 2 heterocycles. The number of amides is 2. The quantitative estimate of drug-likeness (QED) is 0.576. The molecule has 2 aliphatic carbocycles. The second kappa shape index (κ2) is 10.7. The van der Waals surface area contributed by atoms with Crippen LogP contribution in [0.4, 0.5) is 0 Å². The number of benzene rings is 1. The van der Waals surface area contributed by atoms with Crippen molar-refractivity contribution in [2.24, 2.45) is 5.92 Å². The molecule has 2 aromatic rings. The van der Waals surface area contributed by atoms with Crippen LogP contribution in [0.5, 0.6) is 0 Å². The van der Waals surface area contributed by atoms with Crippen molar-refractivity contribution in [3.05, 3.63) is 36.2 Å². The minimum Gasteiger partial charge on any atom is -0.420 e. The average Bonchev–Trinajstić information content (AvgIpc) is 3.36. The molecule has 182 valence electrons. The Labute approximate surface area is 200 Å². The van der Waals surface area contributed by atoms with E-state index in [2.05, 4.69) is 26.1 Å². The first-order chi connectivity index (χ1) is 16.7. The lowest BCUT2D eigenvalue weighted by molar-refractivity contribution is -0.130. The molecule has 3 N–H and O–H groups in total. The van der Waals surface area contributed by atoms with Gasteiger partial charge in [-0.15, -0.1) is 10.2 Å². The van der Waals surface area contributed by atoms with Crippen molar-refractivity contribution in [2.75, 3.05) is 0 Å². The van der Waals surface area contributed by atoms with E-state index in [-0.39, 0.29) is 35.9 Å². The molecule has 0 radical (unpaired) electrons. The van der Waals surface area contributed by atoms with Gasteiger partial charge in [0.1, 0.15) is 0 Å². The topological polar surface area (TPSA) is 109 Å². The summed E-state index contributed by atoms with van der Waals surface area (Å²) in [6.07, 6.45) is 10.1. The molecule has 2 saturated carbocycles. The highest BCUT2D eigenvalue weighted by Gasteiger charge is 2.37. The van der Waals surface area contributed by atoms with Gasteiger partial charge in [0.2, 0.25) is 23.6 Å². The summed E-state index contributed by atoms with van der Waals surface area (Å²) >= 11 is 0. The molecule has 1 saturated heterocycles. The molecule has 1 aromatic carbocycles. The van der Waals surface area contributed by atoms with E-state index in [0.717, 1.165) is 63.4 Å². The van der Waals surface area contributed by atoms with Crippen LogP contribution in [0.3, 0.4) is 0 Å². The lowest BCUT2D eigenvalue weighted by Crippen LogP contribution is -2.62. The van der Waals surface area contributed by atoms with Gasteiger partial charge in [0, 0.05) is 30.0 Å². The van der Waals surface area contributed by atoms with Crippen molar-refractivity contribution < 1.29 is 14.0 Å². The first-order valence-corrected chi connectivity index (χ1v) is 12.9. The molecule has 3 atom stereocenters. The first kappa shape index (κ1) is 23.0. The standard InChI is InChI=1S/C26H35N5O3/c32-23(12-6-11-22-28-21-10-5-4-9-20(21)24(33)29-22)27-19-15-13-18(14-16-19)26-31-30-25(34-26)17-7-2-1-3-8-17/h1-3,7-8,18-22,28H,4-6,9-16H2,(H,27,32)(H,29,33). The number of aromatic nitrogens is 2. The third kappa shape index (κ3) is 5.49. The largest absolute Gasteiger partial charge is 0.420 e. The fourth-order valence-corrected chi connectivity index (χ4v) is 5.73. The van der Waals surface area contributed by atoms with Crippen molar-refractivity contribution in [1.29, 1.82) is 0 Å². The molecule has 5 rings (SSSR count). The number of hydrogen-bond acceptors (Lipinski definition) is 6. The lowest BCUT2D eigenvalue weighted by atomic mass is 9.82. The Bertz CT molecular complexity index is 970. The molecule has 3 fully saturated rings. The molecule has 8 nitrogen and oxygen atoms in total. The van der Waals surface area contributed by atoms with Gasteiger partial charge in [-0.25, -0.2) is 0 Å². The van der Waals surface area contributed by atoms with Gasteiger partial charge < -0.3 is 15.1 Å². The third-order valence-corrected chi connectivity index (χ3v) is 7.63. The maximum atomic E-state index is 12.5. The van der Waals surface area contributed by atoms with Crippen LogP contribution >= 0.6 is 0 Å². The Morgan fingerprint density at radius 2 is 1.82 bits per heavy atom. The second-order valence-corrected chi connectivity index (χ2v) is 10.0. The second-order valence-electron chi connectivity index (χ2n) is 10.0. The number of nitrogens with zero attached hydrogens (tertiary/aromatic N) is 2. The number of carbonyl (C=O) groups is 2. The predicted octanol–water partition coefficient (Wildman–Crippen LogP) is 3.65. The average molecular weight is 466 g/mol. The molecule has 0 spiro atoms. The highest BCUT2D eigenvalue weighted by atomic mass is 16.4. The molecule has 8 heteroatoms. The molecular formula is C26H35N5O3. The van der Waals surface area contributed by atoms with Gasteiger partial charge in [0.25, 0.3) is 0 Å². The zero-order valence-corrected chi connectivity index (χ0v) is 19.7. The molecule has 3 unspecified atom stereocenters. The van der Waals surface area contributed by atoms with Crippen molar-refractivity contribution in [3.8, 4) is 11.5 Å². The number of fused-ring (bicyclic) bond motifs is 1. The molecule has 3 aliphatic rings. The van der Waals surface area contributed by atoms with Gasteiger partial charge in [0.05, 0.1) is 12.1 Å². The summed E-state index contributed by atoms with van der Waals surface area (Å²) in [4.78, 5) is 24.9. The van der Waals surface area contributed by atoms with Crippen LogP contribution in [-0.2, 0) is 9.59 Å². The number of nitrogens with one attached hydrogen (secondary N) is 3. The summed E-state index contributed by atoms with van der Waals surface area (Å²) in [5.74, 6) is 1.93. The first-order valence-electron chi connectivity index (χ1n) is 12.9. The van der Waals surface area contributed by atoms with Crippen LogP contribution in [0.15, 0.2) is 34.7 Å².